The van der Waals surface area contributed by atoms with Crippen LogP contribution in [-0.2, 0) is 9.59 Å². The lowest BCUT2D eigenvalue weighted by Gasteiger charge is -2.11. The van der Waals surface area contributed by atoms with Crippen molar-refractivity contribution in [2.75, 3.05) is 16.0 Å². The van der Waals surface area contributed by atoms with E-state index >= 15 is 0 Å². The zero-order valence-corrected chi connectivity index (χ0v) is 22.6. The Bertz CT molecular complexity index is 1410. The number of benzene rings is 3. The van der Waals surface area contributed by atoms with E-state index in [-0.39, 0.29) is 33.6 Å². The fourth-order valence-corrected chi connectivity index (χ4v) is 5.48. The molecule has 4 rings (SSSR count). The highest BCUT2D eigenvalue weighted by Gasteiger charge is 2.67. The number of carbonyl (C=O) groups is 3. The van der Waals surface area contributed by atoms with Gasteiger partial charge < -0.3 is 16.0 Å². The molecule has 3 N–H and O–H groups in total. The van der Waals surface area contributed by atoms with Gasteiger partial charge in [-0.05, 0) is 60.2 Å². The Hall–Kier alpha value is -2.55. The molecule has 37 heavy (non-hydrogen) atoms. The van der Waals surface area contributed by atoms with E-state index in [0.29, 0.717) is 15.6 Å². The molecule has 3 aromatic carbocycles. The summed E-state index contributed by atoms with van der Waals surface area (Å²) >= 11 is 31.1. The Morgan fingerprint density at radius 2 is 1.46 bits per heavy atom. The van der Waals surface area contributed by atoms with Crippen molar-refractivity contribution >= 4 is 92.8 Å². The van der Waals surface area contributed by atoms with Gasteiger partial charge in [0.2, 0.25) is 11.8 Å². The number of alkyl halides is 2. The molecule has 3 amide bonds. The lowest BCUT2D eigenvalue weighted by molar-refractivity contribution is -0.117. The van der Waals surface area contributed by atoms with Crippen molar-refractivity contribution in [1.82, 2.24) is 0 Å². The first kappa shape index (κ1) is 27.5. The third-order valence-electron chi connectivity index (χ3n) is 5.60. The highest BCUT2D eigenvalue weighted by atomic mass is 35.5. The molecule has 0 aliphatic heterocycles. The molecule has 0 bridgehead atoms. The molecular formula is C25H17Cl5FN3O3. The average Bonchev–Trinajstić information content (AvgIpc) is 3.38. The quantitative estimate of drug-likeness (QED) is 0.255. The number of amides is 3. The lowest BCUT2D eigenvalue weighted by Crippen LogP contribution is -2.18. The second kappa shape index (κ2) is 10.7. The minimum absolute atomic E-state index is 0.0122. The van der Waals surface area contributed by atoms with Gasteiger partial charge in [0.25, 0.3) is 5.91 Å². The fourth-order valence-electron chi connectivity index (χ4n) is 3.91. The van der Waals surface area contributed by atoms with Crippen molar-refractivity contribution in [1.29, 1.82) is 0 Å². The highest BCUT2D eigenvalue weighted by Crippen LogP contribution is 2.65. The lowest BCUT2D eigenvalue weighted by atomic mass is 10.1. The van der Waals surface area contributed by atoms with Gasteiger partial charge in [-0.1, -0.05) is 34.8 Å². The monoisotopic (exact) mass is 601 g/mol. The van der Waals surface area contributed by atoms with E-state index in [1.807, 2.05) is 0 Å². The van der Waals surface area contributed by atoms with E-state index in [9.17, 15) is 18.8 Å². The van der Waals surface area contributed by atoms with Crippen LogP contribution in [0.3, 0.4) is 0 Å². The first-order chi connectivity index (χ1) is 17.4. The van der Waals surface area contributed by atoms with Gasteiger partial charge in [0.05, 0.1) is 22.2 Å². The topological polar surface area (TPSA) is 87.3 Å². The van der Waals surface area contributed by atoms with E-state index in [1.54, 1.807) is 18.2 Å². The summed E-state index contributed by atoms with van der Waals surface area (Å²) in [6, 6.07) is 12.9. The minimum atomic E-state index is -1.38. The van der Waals surface area contributed by atoms with E-state index < -0.39 is 33.8 Å². The number of carbonyl (C=O) groups excluding carboxylic acids is 3. The van der Waals surface area contributed by atoms with Crippen LogP contribution in [0, 0.1) is 11.7 Å². The Labute approximate surface area is 236 Å². The van der Waals surface area contributed by atoms with Gasteiger partial charge >= 0.3 is 0 Å². The highest BCUT2D eigenvalue weighted by molar-refractivity contribution is 6.53. The van der Waals surface area contributed by atoms with Crippen LogP contribution in [0.1, 0.15) is 28.8 Å². The van der Waals surface area contributed by atoms with Gasteiger partial charge in [-0.15, -0.1) is 23.2 Å². The third-order valence-corrected chi connectivity index (χ3v) is 7.30. The summed E-state index contributed by atoms with van der Waals surface area (Å²) in [5.74, 6) is -3.69. The van der Waals surface area contributed by atoms with E-state index in [0.717, 1.165) is 6.07 Å². The Morgan fingerprint density at radius 3 is 2.08 bits per heavy atom. The number of hydrogen-bond acceptors (Lipinski definition) is 3. The second-order valence-corrected chi connectivity index (χ2v) is 11.1. The average molecular weight is 604 g/mol. The molecule has 0 aromatic heterocycles. The van der Waals surface area contributed by atoms with Crippen molar-refractivity contribution in [2.24, 2.45) is 5.92 Å². The molecule has 0 saturated heterocycles. The standard InChI is InChI=1S/C25H17Cl5FN3O3/c1-11(35)32-16-3-5-20(19(31)10-16)34-23(36)17-9-15(2-4-18(17)28)33-24(37)22-21(25(22,29)30)12-6-13(26)8-14(27)7-12/h2-10,21-22H,1H3,(H,32,35)(H,33,37)(H,34,36). The van der Waals surface area contributed by atoms with E-state index in [4.69, 9.17) is 58.0 Å². The molecule has 12 heteroatoms. The Morgan fingerprint density at radius 1 is 0.838 bits per heavy atom. The predicted octanol–water partition coefficient (Wildman–Crippen LogP) is 7.52. The fraction of sp³-hybridized carbons (Fsp3) is 0.160. The zero-order valence-electron chi connectivity index (χ0n) is 18.8. The van der Waals surface area contributed by atoms with Crippen molar-refractivity contribution < 1.29 is 18.8 Å². The minimum Gasteiger partial charge on any atom is -0.326 e. The van der Waals surface area contributed by atoms with Gasteiger partial charge in [-0.3, -0.25) is 14.4 Å². The predicted molar refractivity (Wildman–Crippen MR) is 146 cm³/mol. The number of rotatable bonds is 6. The molecule has 192 valence electrons. The number of anilines is 3. The summed E-state index contributed by atoms with van der Waals surface area (Å²) in [4.78, 5) is 37.0. The first-order valence-corrected chi connectivity index (χ1v) is 12.6. The molecule has 1 aliphatic carbocycles. The maximum atomic E-state index is 14.4. The number of halogens is 6. The molecule has 0 heterocycles. The van der Waals surface area contributed by atoms with Crippen LogP contribution in [-0.4, -0.2) is 22.1 Å². The van der Waals surface area contributed by atoms with Gasteiger partial charge in [-0.2, -0.15) is 0 Å². The smallest absolute Gasteiger partial charge is 0.257 e. The molecule has 0 spiro atoms. The molecule has 0 radical (unpaired) electrons. The van der Waals surface area contributed by atoms with Crippen molar-refractivity contribution in [2.45, 2.75) is 17.2 Å². The Balaban J connectivity index is 1.49. The normalized spacial score (nSPS) is 17.6. The molecule has 6 nitrogen and oxygen atoms in total. The van der Waals surface area contributed by atoms with Gasteiger partial charge in [0.1, 0.15) is 10.2 Å². The van der Waals surface area contributed by atoms with Crippen LogP contribution in [0.25, 0.3) is 0 Å². The van der Waals surface area contributed by atoms with Crippen molar-refractivity contribution in [3.63, 3.8) is 0 Å². The largest absolute Gasteiger partial charge is 0.326 e. The van der Waals surface area contributed by atoms with Gasteiger partial charge in [-0.25, -0.2) is 4.39 Å². The van der Waals surface area contributed by atoms with Crippen LogP contribution < -0.4 is 16.0 Å². The SMILES string of the molecule is CC(=O)Nc1ccc(NC(=O)c2cc(NC(=O)C3C(c4cc(Cl)cc(Cl)c4)C3(Cl)Cl)ccc2Cl)c(F)c1. The van der Waals surface area contributed by atoms with Crippen molar-refractivity contribution in [3.05, 3.63) is 86.6 Å². The van der Waals surface area contributed by atoms with Gasteiger partial charge in [0, 0.05) is 34.3 Å². The van der Waals surface area contributed by atoms with Crippen LogP contribution >= 0.6 is 58.0 Å². The maximum Gasteiger partial charge on any atom is 0.257 e. The molecule has 1 aliphatic rings. The summed E-state index contributed by atoms with van der Waals surface area (Å²) in [5.41, 5.74) is 0.964. The number of hydrogen-bond donors (Lipinski definition) is 3. The summed E-state index contributed by atoms with van der Waals surface area (Å²) < 4.78 is 13.0. The van der Waals surface area contributed by atoms with Crippen LogP contribution in [0.4, 0.5) is 21.5 Å². The molecule has 1 saturated carbocycles. The Kier molecular flexibility index (Phi) is 7.93. The van der Waals surface area contributed by atoms with Gasteiger partial charge in [0.15, 0.2) is 0 Å². The molecule has 1 fully saturated rings. The van der Waals surface area contributed by atoms with Crippen LogP contribution in [0.2, 0.25) is 15.1 Å². The summed E-state index contributed by atoms with van der Waals surface area (Å²) in [6.07, 6.45) is 0. The molecule has 2 unspecified atom stereocenters. The van der Waals surface area contributed by atoms with E-state index in [2.05, 4.69) is 16.0 Å². The zero-order chi connectivity index (χ0) is 27.1. The summed E-state index contributed by atoms with van der Waals surface area (Å²) in [5, 5.41) is 8.40. The first-order valence-electron chi connectivity index (χ1n) is 10.7. The molecule has 2 atom stereocenters. The summed E-state index contributed by atoms with van der Waals surface area (Å²) in [7, 11) is 0. The van der Waals surface area contributed by atoms with Crippen LogP contribution in [0.5, 0.6) is 0 Å². The number of nitrogens with one attached hydrogen (secondary N) is 3. The maximum absolute atomic E-state index is 14.4. The van der Waals surface area contributed by atoms with E-state index in [1.165, 1.54) is 37.3 Å². The molecule has 3 aromatic rings. The van der Waals surface area contributed by atoms with Crippen LogP contribution in [0.15, 0.2) is 54.6 Å². The second-order valence-electron chi connectivity index (χ2n) is 8.35. The summed E-state index contributed by atoms with van der Waals surface area (Å²) in [6.45, 7) is 1.29. The third kappa shape index (κ3) is 6.13. The molecular weight excluding hydrogens is 587 g/mol. The van der Waals surface area contributed by atoms with Crippen molar-refractivity contribution in [3.8, 4) is 0 Å².